The number of carbonyl (C=O) groups is 3. The summed E-state index contributed by atoms with van der Waals surface area (Å²) < 4.78 is 9.43. The molecule has 0 spiro atoms. The van der Waals surface area contributed by atoms with Crippen LogP contribution in [-0.2, 0) is 14.3 Å². The number of aromatic nitrogens is 2. The van der Waals surface area contributed by atoms with Gasteiger partial charge in [0.2, 0.25) is 5.91 Å². The maximum absolute atomic E-state index is 11.9. The quantitative estimate of drug-likeness (QED) is 0.189. The molecule has 0 fully saturated rings. The van der Waals surface area contributed by atoms with Crippen molar-refractivity contribution in [2.45, 2.75) is 13.8 Å². The van der Waals surface area contributed by atoms with Crippen LogP contribution >= 0.6 is 23.2 Å². The number of pyridine rings is 2. The van der Waals surface area contributed by atoms with E-state index in [9.17, 15) is 14.4 Å². The van der Waals surface area contributed by atoms with Crippen LogP contribution < -0.4 is 11.1 Å². The summed E-state index contributed by atoms with van der Waals surface area (Å²) in [5.74, 6) is -1.23. The molecule has 4 aromatic rings. The van der Waals surface area contributed by atoms with Gasteiger partial charge in [-0.15, -0.1) is 0 Å². The second-order valence-electron chi connectivity index (χ2n) is 8.99. The minimum Gasteiger partial charge on any atom is -0.465 e. The van der Waals surface area contributed by atoms with Crippen LogP contribution in [0.3, 0.4) is 0 Å². The van der Waals surface area contributed by atoms with E-state index in [1.54, 1.807) is 74.5 Å². The zero-order valence-corrected chi connectivity index (χ0v) is 24.3. The van der Waals surface area contributed by atoms with Crippen LogP contribution in [0.5, 0.6) is 0 Å². The summed E-state index contributed by atoms with van der Waals surface area (Å²) in [5.41, 5.74) is 10.2. The number of anilines is 2. The first-order chi connectivity index (χ1) is 19.5. The Morgan fingerprint density at radius 1 is 0.756 bits per heavy atom. The molecule has 0 saturated heterocycles. The fraction of sp³-hybridized carbons (Fsp3) is 0.167. The van der Waals surface area contributed by atoms with Gasteiger partial charge in [-0.1, -0.05) is 37.0 Å². The van der Waals surface area contributed by atoms with Crippen molar-refractivity contribution in [3.8, 4) is 22.5 Å². The summed E-state index contributed by atoms with van der Waals surface area (Å²) in [7, 11) is 2.63. The normalized spacial score (nSPS) is 10.3. The summed E-state index contributed by atoms with van der Waals surface area (Å²) in [4.78, 5) is 43.6. The molecule has 0 atom stereocenters. The fourth-order valence-corrected chi connectivity index (χ4v) is 3.72. The number of rotatable bonds is 6. The fourth-order valence-electron chi connectivity index (χ4n) is 3.50. The van der Waals surface area contributed by atoms with E-state index in [4.69, 9.17) is 33.7 Å². The highest BCUT2D eigenvalue weighted by Crippen LogP contribution is 2.26. The van der Waals surface area contributed by atoms with E-state index in [0.29, 0.717) is 49.5 Å². The number of nitrogens with one attached hydrogen (secondary N) is 1. The van der Waals surface area contributed by atoms with Crippen molar-refractivity contribution < 1.29 is 23.9 Å². The smallest absolute Gasteiger partial charge is 0.337 e. The van der Waals surface area contributed by atoms with Gasteiger partial charge in [-0.2, -0.15) is 0 Å². The molecule has 0 aliphatic carbocycles. The molecule has 0 radical (unpaired) electrons. The lowest BCUT2D eigenvalue weighted by Crippen LogP contribution is -2.18. The molecule has 41 heavy (non-hydrogen) atoms. The first kappa shape index (κ1) is 31.1. The van der Waals surface area contributed by atoms with Gasteiger partial charge in [-0.25, -0.2) is 9.59 Å². The SMILES string of the molecule is COC(=O)c1cc(N)cc(-c2ccc(Cl)cn2)c1.COC(=O)c1cc(NC(=O)C(C)C)cc(-c2ccc(Cl)cn2)c1. The Bertz CT molecular complexity index is 1540. The van der Waals surface area contributed by atoms with Crippen LogP contribution in [0.2, 0.25) is 10.0 Å². The lowest BCUT2D eigenvalue weighted by atomic mass is 10.1. The molecule has 0 bridgehead atoms. The van der Waals surface area contributed by atoms with E-state index >= 15 is 0 Å². The Morgan fingerprint density at radius 3 is 1.68 bits per heavy atom. The number of amides is 1. The molecule has 9 nitrogen and oxygen atoms in total. The molecule has 0 aliphatic rings. The molecule has 4 rings (SSSR count). The van der Waals surface area contributed by atoms with Crippen molar-refractivity contribution >= 4 is 52.4 Å². The van der Waals surface area contributed by atoms with Gasteiger partial charge in [0.25, 0.3) is 0 Å². The van der Waals surface area contributed by atoms with E-state index in [1.807, 2.05) is 0 Å². The van der Waals surface area contributed by atoms with Gasteiger partial charge >= 0.3 is 11.9 Å². The highest BCUT2D eigenvalue weighted by Gasteiger charge is 2.14. The zero-order chi connectivity index (χ0) is 30.1. The van der Waals surface area contributed by atoms with E-state index in [-0.39, 0.29) is 11.8 Å². The number of methoxy groups -OCH3 is 2. The van der Waals surface area contributed by atoms with Crippen molar-refractivity contribution in [2.24, 2.45) is 5.92 Å². The van der Waals surface area contributed by atoms with Crippen LogP contribution in [0.25, 0.3) is 22.5 Å². The van der Waals surface area contributed by atoms with Crippen LogP contribution in [0.1, 0.15) is 34.6 Å². The van der Waals surface area contributed by atoms with Crippen LogP contribution in [0, 0.1) is 5.92 Å². The molecule has 1 amide bonds. The average Bonchev–Trinajstić information content (AvgIpc) is 2.96. The van der Waals surface area contributed by atoms with Gasteiger partial charge in [0.1, 0.15) is 0 Å². The van der Waals surface area contributed by atoms with Crippen molar-refractivity contribution in [2.75, 3.05) is 25.3 Å². The van der Waals surface area contributed by atoms with Crippen LogP contribution in [-0.4, -0.2) is 42.0 Å². The number of nitrogen functional groups attached to an aromatic ring is 1. The Kier molecular flexibility index (Phi) is 10.8. The number of hydrogen-bond acceptors (Lipinski definition) is 8. The summed E-state index contributed by atoms with van der Waals surface area (Å²) in [6.07, 6.45) is 3.06. The van der Waals surface area contributed by atoms with Crippen molar-refractivity contribution in [1.82, 2.24) is 9.97 Å². The monoisotopic (exact) mass is 594 g/mol. The van der Waals surface area contributed by atoms with Crippen molar-refractivity contribution in [1.29, 1.82) is 0 Å². The molecule has 3 N–H and O–H groups in total. The lowest BCUT2D eigenvalue weighted by Gasteiger charge is -2.11. The lowest BCUT2D eigenvalue weighted by molar-refractivity contribution is -0.118. The van der Waals surface area contributed by atoms with Crippen molar-refractivity contribution in [3.05, 3.63) is 94.2 Å². The van der Waals surface area contributed by atoms with Gasteiger partial charge in [-0.3, -0.25) is 14.8 Å². The minimum atomic E-state index is -0.485. The number of carbonyl (C=O) groups excluding carboxylic acids is 3. The summed E-state index contributed by atoms with van der Waals surface area (Å²) in [6.45, 7) is 3.59. The van der Waals surface area contributed by atoms with Gasteiger partial charge in [0.15, 0.2) is 0 Å². The highest BCUT2D eigenvalue weighted by atomic mass is 35.5. The third-order valence-electron chi connectivity index (χ3n) is 5.57. The molecule has 2 aromatic heterocycles. The molecule has 11 heteroatoms. The third-order valence-corrected chi connectivity index (χ3v) is 6.02. The van der Waals surface area contributed by atoms with E-state index in [1.165, 1.54) is 26.6 Å². The Balaban J connectivity index is 0.000000232. The van der Waals surface area contributed by atoms with Gasteiger partial charge in [-0.05, 0) is 60.7 Å². The van der Waals surface area contributed by atoms with Gasteiger partial charge < -0.3 is 20.5 Å². The molecular weight excluding hydrogens is 567 g/mol. The highest BCUT2D eigenvalue weighted by molar-refractivity contribution is 6.30. The van der Waals surface area contributed by atoms with Crippen LogP contribution in [0.4, 0.5) is 11.4 Å². The number of nitrogens with zero attached hydrogens (tertiary/aromatic N) is 2. The van der Waals surface area contributed by atoms with Gasteiger partial charge in [0, 0.05) is 40.8 Å². The molecule has 2 aromatic carbocycles. The first-order valence-electron chi connectivity index (χ1n) is 12.3. The molecule has 0 saturated carbocycles. The number of halogens is 2. The molecular formula is C30H28Cl2N4O5. The number of benzene rings is 2. The van der Waals surface area contributed by atoms with E-state index in [0.717, 1.165) is 5.56 Å². The summed E-state index contributed by atoms with van der Waals surface area (Å²) in [6, 6.07) is 16.9. The maximum Gasteiger partial charge on any atom is 0.337 e. The first-order valence-corrected chi connectivity index (χ1v) is 13.0. The number of ether oxygens (including phenoxy) is 2. The second-order valence-corrected chi connectivity index (χ2v) is 9.87. The number of esters is 2. The van der Waals surface area contributed by atoms with Gasteiger partial charge in [0.05, 0.1) is 46.8 Å². The maximum atomic E-state index is 11.9. The molecule has 0 aliphatic heterocycles. The number of hydrogen-bond donors (Lipinski definition) is 2. The largest absolute Gasteiger partial charge is 0.465 e. The second kappa shape index (κ2) is 14.2. The van der Waals surface area contributed by atoms with Crippen LogP contribution in [0.15, 0.2) is 73.1 Å². The van der Waals surface area contributed by atoms with Crippen molar-refractivity contribution in [3.63, 3.8) is 0 Å². The van der Waals surface area contributed by atoms with E-state index < -0.39 is 11.9 Å². The average molecular weight is 595 g/mol. The molecule has 212 valence electrons. The molecule has 0 unspecified atom stereocenters. The third kappa shape index (κ3) is 8.76. The Morgan fingerprint density at radius 2 is 1.24 bits per heavy atom. The zero-order valence-electron chi connectivity index (χ0n) is 22.8. The Hall–Kier alpha value is -4.47. The number of nitrogens with two attached hydrogens (primary N) is 1. The topological polar surface area (TPSA) is 134 Å². The minimum absolute atomic E-state index is 0.137. The molecule has 2 heterocycles. The van der Waals surface area contributed by atoms with E-state index in [2.05, 4.69) is 20.0 Å². The summed E-state index contributed by atoms with van der Waals surface area (Å²) in [5, 5.41) is 3.85. The Labute approximate surface area is 247 Å². The summed E-state index contributed by atoms with van der Waals surface area (Å²) >= 11 is 11.6. The predicted octanol–water partition coefficient (Wildman–Crippen LogP) is 6.55. The predicted molar refractivity (Wildman–Crippen MR) is 160 cm³/mol. The standard InChI is InChI=1S/C17H17ClN2O3.C13H11ClN2O2/c1-10(2)16(21)20-14-7-11(6-12(8-14)17(22)23-3)15-5-4-13(18)9-19-15;1-18-13(17)9-4-8(5-11(15)6-9)12-3-2-10(14)7-16-12/h4-10H,1-3H3,(H,20,21);2-7H,15H2,1H3.